The Hall–Kier alpha value is -5.23. The molecule has 278 valence electrons. The van der Waals surface area contributed by atoms with Gasteiger partial charge in [0.15, 0.2) is 0 Å². The van der Waals surface area contributed by atoms with Gasteiger partial charge in [-0.2, -0.15) is 6.07 Å². The molecule has 3 heterocycles. The van der Waals surface area contributed by atoms with Crippen LogP contribution in [0.1, 0.15) is 26.3 Å². The molecule has 0 bridgehead atoms. The van der Waals surface area contributed by atoms with Crippen LogP contribution in [0.3, 0.4) is 0 Å². The maximum atomic E-state index is 6.57. The van der Waals surface area contributed by atoms with Gasteiger partial charge in [-0.05, 0) is 34.6 Å². The van der Waals surface area contributed by atoms with Gasteiger partial charge in [-0.3, -0.25) is 0 Å². The van der Waals surface area contributed by atoms with Crippen molar-refractivity contribution in [1.82, 2.24) is 14.1 Å². The van der Waals surface area contributed by atoms with Crippen LogP contribution in [-0.4, -0.2) is 27.4 Å². The second-order valence-electron chi connectivity index (χ2n) is 16.3. The van der Waals surface area contributed by atoms with Gasteiger partial charge in [0.05, 0.1) is 0 Å². The summed E-state index contributed by atoms with van der Waals surface area (Å²) in [7, 11) is 0. The molecule has 0 amide bonds. The van der Waals surface area contributed by atoms with Gasteiger partial charge in [0, 0.05) is 17.5 Å². The van der Waals surface area contributed by atoms with Crippen molar-refractivity contribution in [2.24, 2.45) is 0 Å². The monoisotopic (exact) mass is 972 g/mol. The molecular weight excluding hydrogens is 928 g/mol. The fourth-order valence-corrected chi connectivity index (χ4v) is 9.87. The summed E-state index contributed by atoms with van der Waals surface area (Å²) in [5.41, 5.74) is 9.77. The number of ether oxygens (including phenoxy) is 1. The van der Waals surface area contributed by atoms with Crippen molar-refractivity contribution in [3.8, 4) is 39.8 Å². The number of aromatic nitrogens is 4. The van der Waals surface area contributed by atoms with Crippen LogP contribution in [0.5, 0.6) is 11.5 Å². The number of para-hydroxylation sites is 2. The third-order valence-corrected chi connectivity index (χ3v) is 14.8. The standard InChI is InChI=1S/C49H43GeN4O.Pt/c1-49(2,3)36-27-28-51-48(30-36)54-44-18-11-10-17-42(44)43-25-24-41(32-46(43)54)55-40-16-12-15-39(31-40)53-33-52(38-13-8-7-9-14-38)47-29-35(21-26-45(47)53)34-19-22-37(23-20-34)50(4,5)6;/h7-30,33H,1-6H3;/q-1;+2. The van der Waals surface area contributed by atoms with Crippen LogP contribution in [0.25, 0.3) is 61.2 Å². The van der Waals surface area contributed by atoms with Crippen LogP contribution in [-0.2, 0) is 26.5 Å². The van der Waals surface area contributed by atoms with E-state index >= 15 is 0 Å². The van der Waals surface area contributed by atoms with Crippen molar-refractivity contribution in [2.75, 3.05) is 0 Å². The summed E-state index contributed by atoms with van der Waals surface area (Å²) in [6.45, 7) is 6.68. The van der Waals surface area contributed by atoms with Crippen LogP contribution in [0.15, 0.2) is 152 Å². The first kappa shape index (κ1) is 37.7. The van der Waals surface area contributed by atoms with Gasteiger partial charge >= 0.3 is 202 Å². The fraction of sp³-hybridized carbons (Fsp3) is 0.143. The third-order valence-electron chi connectivity index (χ3n) is 10.5. The number of nitrogens with zero attached hydrogens (tertiary/aromatic N) is 4. The first-order chi connectivity index (χ1) is 26.5. The van der Waals surface area contributed by atoms with E-state index in [1.54, 1.807) is 0 Å². The summed E-state index contributed by atoms with van der Waals surface area (Å²) >= 11 is -1.91. The molecule has 0 aliphatic rings. The summed E-state index contributed by atoms with van der Waals surface area (Å²) in [4.78, 5) is 4.83. The fourth-order valence-electron chi connectivity index (χ4n) is 7.42. The Bertz CT molecular complexity index is 2860. The van der Waals surface area contributed by atoms with Gasteiger partial charge in [-0.25, -0.2) is 4.98 Å². The van der Waals surface area contributed by atoms with E-state index in [4.69, 9.17) is 9.72 Å². The summed E-state index contributed by atoms with van der Waals surface area (Å²) in [6, 6.07) is 56.5. The van der Waals surface area contributed by atoms with E-state index in [9.17, 15) is 0 Å². The second-order valence-corrected chi connectivity index (χ2v) is 27.0. The third kappa shape index (κ3) is 7.04. The molecule has 0 aliphatic carbocycles. The number of hydrogen-bond donors (Lipinski definition) is 0. The van der Waals surface area contributed by atoms with Crippen LogP contribution in [0.4, 0.5) is 0 Å². The SMILES string of the molecule is CC(C)(C)c1ccnc(-n2c3[c-]c(Oc4[c-]c(-n5c[n+](-c6ccccc6)c6cc(-c7cc[c]([Ge]([CH3])([CH3])[CH3])cc7)ccc65)ccc4)ccc3c3ccccc32)c1.[Pt+2]. The Balaban J connectivity index is 0.00000441. The van der Waals surface area contributed by atoms with E-state index in [0.717, 1.165) is 50.0 Å². The molecule has 0 N–H and O–H groups in total. The maximum absolute atomic E-state index is 6.57. The molecule has 0 radical (unpaired) electrons. The van der Waals surface area contributed by atoms with E-state index < -0.39 is 13.3 Å². The van der Waals surface area contributed by atoms with Crippen LogP contribution in [0.2, 0.25) is 17.3 Å². The van der Waals surface area contributed by atoms with Crippen molar-refractivity contribution >= 4 is 50.5 Å². The number of rotatable bonds is 7. The molecule has 6 aromatic carbocycles. The molecule has 56 heavy (non-hydrogen) atoms. The minimum Gasteiger partial charge on any atom is -0.159 e. The van der Waals surface area contributed by atoms with Crippen LogP contribution in [0, 0.1) is 12.1 Å². The minimum absolute atomic E-state index is 0. The predicted octanol–water partition coefficient (Wildman–Crippen LogP) is 11.3. The topological polar surface area (TPSA) is 35.9 Å². The number of pyridine rings is 1. The molecular formula is C49H43GeN4OPt+. The van der Waals surface area contributed by atoms with Crippen molar-refractivity contribution in [3.63, 3.8) is 0 Å². The normalized spacial score (nSPS) is 12.0. The Labute approximate surface area is 345 Å². The molecule has 0 atom stereocenters. The zero-order chi connectivity index (χ0) is 37.9. The van der Waals surface area contributed by atoms with Gasteiger partial charge in [0.2, 0.25) is 0 Å². The molecule has 5 nitrogen and oxygen atoms in total. The Morgan fingerprint density at radius 2 is 1.39 bits per heavy atom. The molecule has 3 aromatic heterocycles. The van der Waals surface area contributed by atoms with Crippen molar-refractivity contribution in [1.29, 1.82) is 0 Å². The van der Waals surface area contributed by atoms with E-state index in [1.165, 1.54) is 21.1 Å². The van der Waals surface area contributed by atoms with Gasteiger partial charge < -0.3 is 9.30 Å². The van der Waals surface area contributed by atoms with Crippen molar-refractivity contribution in [2.45, 2.75) is 43.5 Å². The van der Waals surface area contributed by atoms with Crippen molar-refractivity contribution in [3.05, 3.63) is 170 Å². The smallest absolute Gasteiger partial charge is 0.159 e. The average Bonchev–Trinajstić information content (AvgIpc) is 3.73. The zero-order valence-electron chi connectivity index (χ0n) is 32.4. The molecule has 9 rings (SSSR count). The van der Waals surface area contributed by atoms with E-state index in [2.05, 4.69) is 192 Å². The van der Waals surface area contributed by atoms with Gasteiger partial charge in [0.1, 0.15) is 5.82 Å². The van der Waals surface area contributed by atoms with E-state index in [0.29, 0.717) is 11.5 Å². The van der Waals surface area contributed by atoms with Gasteiger partial charge in [-0.15, -0.1) is 23.6 Å². The first-order valence-corrected chi connectivity index (χ1v) is 26.2. The average molecular weight is 972 g/mol. The summed E-state index contributed by atoms with van der Waals surface area (Å²) in [6.07, 6.45) is 4.04. The van der Waals surface area contributed by atoms with E-state index in [-0.39, 0.29) is 26.5 Å². The summed E-state index contributed by atoms with van der Waals surface area (Å²) in [5.74, 6) is 9.39. The number of hydrogen-bond acceptors (Lipinski definition) is 2. The van der Waals surface area contributed by atoms with Crippen LogP contribution >= 0.6 is 0 Å². The number of fused-ring (bicyclic) bond motifs is 4. The minimum atomic E-state index is -1.91. The molecule has 0 spiro atoms. The second kappa shape index (κ2) is 14.7. The molecule has 0 saturated carbocycles. The Morgan fingerprint density at radius 3 is 2.16 bits per heavy atom. The van der Waals surface area contributed by atoms with Crippen LogP contribution < -0.4 is 13.7 Å². The van der Waals surface area contributed by atoms with Gasteiger partial charge in [0.25, 0.3) is 0 Å². The Morgan fingerprint density at radius 1 is 0.661 bits per heavy atom. The Kier molecular flexibility index (Phi) is 9.89. The molecule has 0 fully saturated rings. The quantitative estimate of drug-likeness (QED) is 0.0906. The molecule has 9 aromatic rings. The summed E-state index contributed by atoms with van der Waals surface area (Å²) in [5, 5.41) is 2.25. The van der Waals surface area contributed by atoms with E-state index in [1.807, 2.05) is 24.4 Å². The molecule has 0 saturated heterocycles. The van der Waals surface area contributed by atoms with Gasteiger partial charge in [-0.1, -0.05) is 44.5 Å². The first-order valence-electron chi connectivity index (χ1n) is 18.9. The summed E-state index contributed by atoms with van der Waals surface area (Å²) < 4.78 is 14.7. The zero-order valence-corrected chi connectivity index (χ0v) is 36.8. The molecule has 7 heteroatoms. The number of benzene rings is 6. The number of imidazole rings is 1. The molecule has 0 unspecified atom stereocenters. The van der Waals surface area contributed by atoms with Crippen molar-refractivity contribution < 1.29 is 30.4 Å². The molecule has 0 aliphatic heterocycles. The predicted molar refractivity (Wildman–Crippen MR) is 228 cm³/mol.